The van der Waals surface area contributed by atoms with Crippen molar-refractivity contribution < 1.29 is 9.90 Å². The number of fused-ring (bicyclic) bond motifs is 1. The smallest absolute Gasteiger partial charge is 0.134 e. The van der Waals surface area contributed by atoms with Gasteiger partial charge in [0.2, 0.25) is 0 Å². The molecule has 100 valence electrons. The van der Waals surface area contributed by atoms with Crippen LogP contribution in [-0.2, 0) is 16.6 Å². The number of piperidine rings is 1. The van der Waals surface area contributed by atoms with Crippen molar-refractivity contribution in [3.8, 4) is 0 Å². The minimum atomic E-state index is -0.743. The Bertz CT molecular complexity index is 555. The van der Waals surface area contributed by atoms with Crippen LogP contribution in [0.2, 0.25) is 0 Å². The first-order chi connectivity index (χ1) is 9.16. The van der Waals surface area contributed by atoms with E-state index in [4.69, 9.17) is 0 Å². The van der Waals surface area contributed by atoms with Crippen LogP contribution < -0.4 is 5.32 Å². The zero-order chi connectivity index (χ0) is 13.1. The molecule has 3 heteroatoms. The van der Waals surface area contributed by atoms with Gasteiger partial charge in [-0.1, -0.05) is 24.3 Å². The maximum atomic E-state index is 12.0. The van der Waals surface area contributed by atoms with Gasteiger partial charge >= 0.3 is 0 Å². The van der Waals surface area contributed by atoms with Gasteiger partial charge in [-0.2, -0.15) is 0 Å². The van der Waals surface area contributed by atoms with Gasteiger partial charge in [-0.3, -0.25) is 4.79 Å². The molecule has 4 rings (SSSR count). The van der Waals surface area contributed by atoms with Crippen molar-refractivity contribution >= 4 is 5.78 Å². The van der Waals surface area contributed by atoms with Crippen LogP contribution in [0.3, 0.4) is 0 Å². The Balaban J connectivity index is 1.97. The Hall–Kier alpha value is -1.19. The molecule has 1 saturated heterocycles. The standard InChI is InChI=1S/C16H19NO2/c18-12-5-6-16(19)14-9-11-3-1-2-4-13(11)15(16,10-12)7-8-17-14/h1-4,14,17,19H,5-10H2/t14-,15-,16?/m1/s1. The van der Waals surface area contributed by atoms with Crippen molar-refractivity contribution in [2.45, 2.75) is 49.2 Å². The van der Waals surface area contributed by atoms with Crippen LogP contribution in [0.15, 0.2) is 24.3 Å². The molecule has 1 aliphatic heterocycles. The van der Waals surface area contributed by atoms with Crippen molar-refractivity contribution in [3.63, 3.8) is 0 Å². The predicted molar refractivity (Wildman–Crippen MR) is 72.0 cm³/mol. The number of nitrogens with one attached hydrogen (secondary N) is 1. The number of aliphatic hydroxyl groups is 1. The van der Waals surface area contributed by atoms with Gasteiger partial charge in [0.1, 0.15) is 5.78 Å². The third-order valence-corrected chi connectivity index (χ3v) is 5.59. The fourth-order valence-electron chi connectivity index (χ4n) is 4.68. The van der Waals surface area contributed by atoms with Crippen LogP contribution in [0, 0.1) is 0 Å². The van der Waals surface area contributed by atoms with Crippen LogP contribution in [-0.4, -0.2) is 29.1 Å². The van der Waals surface area contributed by atoms with E-state index in [0.29, 0.717) is 25.0 Å². The van der Waals surface area contributed by atoms with E-state index >= 15 is 0 Å². The molecule has 0 spiro atoms. The van der Waals surface area contributed by atoms with E-state index in [1.165, 1.54) is 11.1 Å². The third kappa shape index (κ3) is 1.32. The van der Waals surface area contributed by atoms with Gasteiger partial charge in [0, 0.05) is 24.3 Å². The second kappa shape index (κ2) is 3.68. The first-order valence-electron chi connectivity index (χ1n) is 7.22. The number of benzene rings is 1. The van der Waals surface area contributed by atoms with Crippen LogP contribution in [0.5, 0.6) is 0 Å². The van der Waals surface area contributed by atoms with Gasteiger partial charge < -0.3 is 10.4 Å². The highest BCUT2D eigenvalue weighted by Gasteiger charge is 2.62. The first kappa shape index (κ1) is 11.6. The van der Waals surface area contributed by atoms with E-state index in [-0.39, 0.29) is 11.5 Å². The van der Waals surface area contributed by atoms with Crippen molar-refractivity contribution in [2.24, 2.45) is 0 Å². The quantitative estimate of drug-likeness (QED) is 0.737. The number of Topliss-reactive ketones (excluding diaryl/α,β-unsaturated/α-hetero) is 1. The summed E-state index contributed by atoms with van der Waals surface area (Å²) in [5.41, 5.74) is 1.45. The molecule has 2 bridgehead atoms. The largest absolute Gasteiger partial charge is 0.387 e. The predicted octanol–water partition coefficient (Wildman–Crippen LogP) is 1.33. The van der Waals surface area contributed by atoms with Gasteiger partial charge in [-0.25, -0.2) is 0 Å². The Morgan fingerprint density at radius 3 is 3.00 bits per heavy atom. The molecule has 1 unspecified atom stereocenters. The fourth-order valence-corrected chi connectivity index (χ4v) is 4.68. The molecule has 2 fully saturated rings. The molecular weight excluding hydrogens is 238 g/mol. The van der Waals surface area contributed by atoms with Crippen molar-refractivity contribution in [2.75, 3.05) is 6.54 Å². The summed E-state index contributed by atoms with van der Waals surface area (Å²) in [6, 6.07) is 8.47. The molecule has 1 aromatic carbocycles. The lowest BCUT2D eigenvalue weighted by Gasteiger charge is -2.60. The topological polar surface area (TPSA) is 49.3 Å². The zero-order valence-electron chi connectivity index (χ0n) is 11.0. The summed E-state index contributed by atoms with van der Waals surface area (Å²) in [5, 5.41) is 14.8. The fraction of sp³-hybridized carbons (Fsp3) is 0.562. The minimum absolute atomic E-state index is 0.101. The van der Waals surface area contributed by atoms with E-state index in [1.807, 2.05) is 6.07 Å². The summed E-state index contributed by atoms with van der Waals surface area (Å²) in [6.45, 7) is 0.897. The molecule has 19 heavy (non-hydrogen) atoms. The van der Waals surface area contributed by atoms with E-state index < -0.39 is 5.60 Å². The van der Waals surface area contributed by atoms with E-state index in [2.05, 4.69) is 23.5 Å². The lowest BCUT2D eigenvalue weighted by molar-refractivity contribution is -0.149. The average Bonchev–Trinajstić information content (AvgIpc) is 2.39. The second-order valence-electron chi connectivity index (χ2n) is 6.34. The molecule has 2 N–H and O–H groups in total. The number of hydrogen-bond acceptors (Lipinski definition) is 3. The van der Waals surface area contributed by atoms with Crippen LogP contribution in [0.25, 0.3) is 0 Å². The van der Waals surface area contributed by atoms with Crippen molar-refractivity contribution in [3.05, 3.63) is 35.4 Å². The Morgan fingerprint density at radius 1 is 1.26 bits per heavy atom. The Morgan fingerprint density at radius 2 is 2.11 bits per heavy atom. The summed E-state index contributed by atoms with van der Waals surface area (Å²) in [6.07, 6.45) is 3.39. The Kier molecular flexibility index (Phi) is 2.25. The number of hydrogen-bond donors (Lipinski definition) is 2. The molecule has 0 radical (unpaired) electrons. The summed E-state index contributed by atoms with van der Waals surface area (Å²) in [5.74, 6) is 0.307. The van der Waals surface area contributed by atoms with Crippen LogP contribution in [0.1, 0.15) is 36.8 Å². The van der Waals surface area contributed by atoms with Gasteiger partial charge in [0.25, 0.3) is 0 Å². The maximum Gasteiger partial charge on any atom is 0.134 e. The maximum absolute atomic E-state index is 12.0. The molecule has 3 aliphatic rings. The summed E-state index contributed by atoms with van der Waals surface area (Å²) in [4.78, 5) is 12.0. The van der Waals surface area contributed by atoms with Gasteiger partial charge in [-0.15, -0.1) is 0 Å². The number of ketones is 1. The number of carbonyl (C=O) groups excluding carboxylic acids is 1. The lowest BCUT2D eigenvalue weighted by atomic mass is 9.50. The third-order valence-electron chi connectivity index (χ3n) is 5.59. The summed E-state index contributed by atoms with van der Waals surface area (Å²) in [7, 11) is 0. The molecule has 3 atom stereocenters. The summed E-state index contributed by atoms with van der Waals surface area (Å²) < 4.78 is 0. The molecule has 0 amide bonds. The van der Waals surface area contributed by atoms with Crippen LogP contribution >= 0.6 is 0 Å². The van der Waals surface area contributed by atoms with Gasteiger partial charge in [-0.05, 0) is 36.9 Å². The first-order valence-corrected chi connectivity index (χ1v) is 7.22. The second-order valence-corrected chi connectivity index (χ2v) is 6.34. The summed E-state index contributed by atoms with van der Waals surface area (Å²) >= 11 is 0. The highest BCUT2D eigenvalue weighted by Crippen LogP contribution is 2.55. The minimum Gasteiger partial charge on any atom is -0.387 e. The van der Waals surface area contributed by atoms with E-state index in [9.17, 15) is 9.90 Å². The highest BCUT2D eigenvalue weighted by molar-refractivity contribution is 5.82. The monoisotopic (exact) mass is 257 g/mol. The molecule has 2 aliphatic carbocycles. The zero-order valence-corrected chi connectivity index (χ0v) is 11.0. The Labute approximate surface area is 113 Å². The molecule has 3 nitrogen and oxygen atoms in total. The number of carbonyl (C=O) groups is 1. The molecule has 0 aromatic heterocycles. The van der Waals surface area contributed by atoms with Crippen molar-refractivity contribution in [1.82, 2.24) is 5.32 Å². The van der Waals surface area contributed by atoms with Gasteiger partial charge in [0.05, 0.1) is 5.60 Å². The van der Waals surface area contributed by atoms with E-state index in [0.717, 1.165) is 19.4 Å². The molecule has 1 saturated carbocycles. The SMILES string of the molecule is O=C1CCC2(O)[C@H]3Cc4ccccc4[C@@]2(CCN3)C1. The lowest BCUT2D eigenvalue weighted by Crippen LogP contribution is -2.72. The molecular formula is C16H19NO2. The van der Waals surface area contributed by atoms with Gasteiger partial charge in [0.15, 0.2) is 0 Å². The highest BCUT2D eigenvalue weighted by atomic mass is 16.3. The van der Waals surface area contributed by atoms with E-state index in [1.54, 1.807) is 0 Å². The molecule has 1 aromatic rings. The number of rotatable bonds is 0. The van der Waals surface area contributed by atoms with Crippen molar-refractivity contribution in [1.29, 1.82) is 0 Å². The van der Waals surface area contributed by atoms with Crippen LogP contribution in [0.4, 0.5) is 0 Å². The average molecular weight is 257 g/mol. The molecule has 1 heterocycles. The normalized spacial score (nSPS) is 40.5.